The fraction of sp³-hybridized carbons (Fsp3) is 0.414. The Labute approximate surface area is 234 Å². The SMILES string of the molecule is COc1cc([C@H]2NC(=S)NC(C)=C2C(=O)Nc2ccc(C)cc2C)ccc1OCC(=O)N1C[C@@H](C)O[C@@H](C)C1. The summed E-state index contributed by atoms with van der Waals surface area (Å²) < 4.78 is 17.2. The average Bonchev–Trinajstić information content (AvgIpc) is 2.87. The number of anilines is 1. The molecule has 2 aliphatic heterocycles. The number of thiocarbonyl (C=S) groups is 1. The van der Waals surface area contributed by atoms with Crippen molar-refractivity contribution in [3.05, 3.63) is 64.4 Å². The molecule has 2 heterocycles. The highest BCUT2D eigenvalue weighted by atomic mass is 32.1. The zero-order chi connectivity index (χ0) is 28.3. The highest BCUT2D eigenvalue weighted by Crippen LogP contribution is 2.35. The number of hydrogen-bond acceptors (Lipinski definition) is 6. The minimum atomic E-state index is -0.523. The second-order valence-electron chi connectivity index (χ2n) is 10.1. The molecule has 39 heavy (non-hydrogen) atoms. The number of morpholine rings is 1. The normalized spacial score (nSPS) is 21.1. The number of allylic oxidation sites excluding steroid dienone is 1. The number of aryl methyl sites for hydroxylation is 2. The summed E-state index contributed by atoms with van der Waals surface area (Å²) in [5, 5.41) is 9.72. The Morgan fingerprint density at radius 1 is 1.08 bits per heavy atom. The summed E-state index contributed by atoms with van der Waals surface area (Å²) in [6, 6.07) is 10.7. The van der Waals surface area contributed by atoms with E-state index in [1.165, 1.54) is 7.11 Å². The molecule has 3 atom stereocenters. The lowest BCUT2D eigenvalue weighted by Gasteiger charge is -2.35. The molecule has 0 saturated carbocycles. The van der Waals surface area contributed by atoms with E-state index in [0.29, 0.717) is 41.0 Å². The van der Waals surface area contributed by atoms with E-state index in [9.17, 15) is 9.59 Å². The number of carbonyl (C=O) groups is 2. The van der Waals surface area contributed by atoms with Gasteiger partial charge in [0.2, 0.25) is 0 Å². The van der Waals surface area contributed by atoms with Gasteiger partial charge in [0.1, 0.15) is 0 Å². The van der Waals surface area contributed by atoms with Gasteiger partial charge in [-0.3, -0.25) is 9.59 Å². The van der Waals surface area contributed by atoms with Crippen LogP contribution in [0.1, 0.15) is 43.5 Å². The number of carbonyl (C=O) groups excluding carboxylic acids is 2. The first-order chi connectivity index (χ1) is 18.5. The fourth-order valence-electron chi connectivity index (χ4n) is 4.98. The maximum Gasteiger partial charge on any atom is 0.260 e. The molecule has 0 bridgehead atoms. The molecule has 2 aromatic carbocycles. The third kappa shape index (κ3) is 6.69. The Morgan fingerprint density at radius 3 is 2.46 bits per heavy atom. The summed E-state index contributed by atoms with van der Waals surface area (Å²) in [4.78, 5) is 28.0. The quantitative estimate of drug-likeness (QED) is 0.447. The molecule has 0 aromatic heterocycles. The molecule has 2 amide bonds. The first kappa shape index (κ1) is 28.4. The van der Waals surface area contributed by atoms with Crippen molar-refractivity contribution in [2.45, 2.75) is 52.9 Å². The Balaban J connectivity index is 1.53. The maximum atomic E-state index is 13.5. The summed E-state index contributed by atoms with van der Waals surface area (Å²) >= 11 is 5.40. The van der Waals surface area contributed by atoms with E-state index < -0.39 is 6.04 Å². The van der Waals surface area contributed by atoms with Crippen LogP contribution in [0.15, 0.2) is 47.7 Å². The minimum absolute atomic E-state index is 0.0205. The van der Waals surface area contributed by atoms with E-state index in [-0.39, 0.29) is 30.6 Å². The lowest BCUT2D eigenvalue weighted by Crippen LogP contribution is -2.49. The first-order valence-corrected chi connectivity index (χ1v) is 13.4. The second-order valence-corrected chi connectivity index (χ2v) is 10.5. The van der Waals surface area contributed by atoms with Crippen molar-refractivity contribution >= 4 is 34.8 Å². The second kappa shape index (κ2) is 12.0. The third-order valence-corrected chi connectivity index (χ3v) is 7.01. The predicted octanol–water partition coefficient (Wildman–Crippen LogP) is 3.76. The smallest absolute Gasteiger partial charge is 0.260 e. The van der Waals surface area contributed by atoms with Crippen molar-refractivity contribution in [1.82, 2.24) is 15.5 Å². The fourth-order valence-corrected chi connectivity index (χ4v) is 5.25. The highest BCUT2D eigenvalue weighted by Gasteiger charge is 2.31. The van der Waals surface area contributed by atoms with Crippen LogP contribution in [0.5, 0.6) is 11.5 Å². The van der Waals surface area contributed by atoms with Crippen molar-refractivity contribution in [1.29, 1.82) is 0 Å². The van der Waals surface area contributed by atoms with Gasteiger partial charge in [-0.05, 0) is 76.2 Å². The number of nitrogens with one attached hydrogen (secondary N) is 3. The van der Waals surface area contributed by atoms with Gasteiger partial charge >= 0.3 is 0 Å². The molecule has 0 radical (unpaired) electrons. The molecular weight excluding hydrogens is 516 g/mol. The van der Waals surface area contributed by atoms with Crippen LogP contribution in [0, 0.1) is 13.8 Å². The number of rotatable bonds is 7. The van der Waals surface area contributed by atoms with Gasteiger partial charge in [-0.1, -0.05) is 23.8 Å². The largest absolute Gasteiger partial charge is 0.493 e. The van der Waals surface area contributed by atoms with Crippen molar-refractivity contribution in [3.63, 3.8) is 0 Å². The zero-order valence-electron chi connectivity index (χ0n) is 23.2. The molecule has 4 rings (SSSR count). The third-order valence-electron chi connectivity index (χ3n) is 6.79. The van der Waals surface area contributed by atoms with E-state index >= 15 is 0 Å². The van der Waals surface area contributed by atoms with E-state index in [2.05, 4.69) is 16.0 Å². The summed E-state index contributed by atoms with van der Waals surface area (Å²) in [6.45, 7) is 10.6. The van der Waals surface area contributed by atoms with Crippen LogP contribution >= 0.6 is 12.2 Å². The lowest BCUT2D eigenvalue weighted by atomic mass is 9.94. The molecule has 0 aliphatic carbocycles. The summed E-state index contributed by atoms with van der Waals surface area (Å²) in [5.41, 5.74) is 4.76. The standard InChI is InChI=1S/C29H36N4O5S/c1-16-7-9-22(17(2)11-16)31-28(35)26-20(5)30-29(39)32-27(26)21-8-10-23(24(12-21)36-6)37-15-25(34)33-13-18(3)38-19(4)14-33/h7-12,18-19,27H,13-15H2,1-6H3,(H,31,35)(H2,30,32,39)/t18-,19+,27-/m1/s1. The zero-order valence-corrected chi connectivity index (χ0v) is 24.0. The van der Waals surface area contributed by atoms with Gasteiger partial charge in [0.25, 0.3) is 11.8 Å². The van der Waals surface area contributed by atoms with Crippen LogP contribution in [-0.4, -0.2) is 60.8 Å². The van der Waals surface area contributed by atoms with Crippen molar-refractivity contribution in [2.75, 3.05) is 32.1 Å². The molecular formula is C29H36N4O5S. The van der Waals surface area contributed by atoms with E-state index in [1.807, 2.05) is 58.9 Å². The topological polar surface area (TPSA) is 101 Å². The molecule has 3 N–H and O–H groups in total. The molecule has 0 unspecified atom stereocenters. The Kier molecular flexibility index (Phi) is 8.76. The van der Waals surface area contributed by atoms with Crippen LogP contribution in [0.3, 0.4) is 0 Å². The monoisotopic (exact) mass is 552 g/mol. The Bertz CT molecular complexity index is 1300. The van der Waals surface area contributed by atoms with Gasteiger partial charge in [0.15, 0.2) is 23.2 Å². The van der Waals surface area contributed by atoms with Gasteiger partial charge in [-0.25, -0.2) is 0 Å². The molecule has 2 aromatic rings. The lowest BCUT2D eigenvalue weighted by molar-refractivity contribution is -0.145. The molecule has 208 valence electrons. The number of amides is 2. The Hall–Kier alpha value is -3.63. The van der Waals surface area contributed by atoms with Crippen LogP contribution in [0.25, 0.3) is 0 Å². The summed E-state index contributed by atoms with van der Waals surface area (Å²) in [6.07, 6.45) is -0.0409. The predicted molar refractivity (Wildman–Crippen MR) is 154 cm³/mol. The summed E-state index contributed by atoms with van der Waals surface area (Å²) in [7, 11) is 1.54. The Morgan fingerprint density at radius 2 is 1.79 bits per heavy atom. The van der Waals surface area contributed by atoms with Crippen LogP contribution in [-0.2, 0) is 14.3 Å². The van der Waals surface area contributed by atoms with Gasteiger partial charge < -0.3 is 35.1 Å². The number of ether oxygens (including phenoxy) is 3. The summed E-state index contributed by atoms with van der Waals surface area (Å²) in [5.74, 6) is 0.521. The molecule has 2 aliphatic rings. The molecule has 9 nitrogen and oxygen atoms in total. The molecule has 1 fully saturated rings. The van der Waals surface area contributed by atoms with Gasteiger partial charge in [-0.15, -0.1) is 0 Å². The van der Waals surface area contributed by atoms with Gasteiger partial charge in [0.05, 0.1) is 30.9 Å². The number of hydrogen-bond donors (Lipinski definition) is 3. The van der Waals surface area contributed by atoms with E-state index in [1.54, 1.807) is 17.0 Å². The van der Waals surface area contributed by atoms with Crippen molar-refractivity contribution in [2.24, 2.45) is 0 Å². The number of methoxy groups -OCH3 is 1. The first-order valence-electron chi connectivity index (χ1n) is 13.0. The van der Waals surface area contributed by atoms with Gasteiger partial charge in [0, 0.05) is 24.5 Å². The molecule has 10 heteroatoms. The average molecular weight is 553 g/mol. The highest BCUT2D eigenvalue weighted by molar-refractivity contribution is 7.80. The maximum absolute atomic E-state index is 13.5. The molecule has 0 spiro atoms. The van der Waals surface area contributed by atoms with E-state index in [4.69, 9.17) is 26.4 Å². The van der Waals surface area contributed by atoms with Gasteiger partial charge in [-0.2, -0.15) is 0 Å². The van der Waals surface area contributed by atoms with E-state index in [0.717, 1.165) is 22.4 Å². The molecule has 1 saturated heterocycles. The van der Waals surface area contributed by atoms with Crippen LogP contribution < -0.4 is 25.4 Å². The van der Waals surface area contributed by atoms with Crippen LogP contribution in [0.4, 0.5) is 5.69 Å². The minimum Gasteiger partial charge on any atom is -0.493 e. The van der Waals surface area contributed by atoms with Crippen molar-refractivity contribution < 1.29 is 23.8 Å². The van der Waals surface area contributed by atoms with Crippen molar-refractivity contribution in [3.8, 4) is 11.5 Å². The number of benzene rings is 2. The number of nitrogens with zero attached hydrogens (tertiary/aromatic N) is 1. The van der Waals surface area contributed by atoms with Crippen LogP contribution in [0.2, 0.25) is 0 Å².